The summed E-state index contributed by atoms with van der Waals surface area (Å²) >= 11 is 3.19. The van der Waals surface area contributed by atoms with E-state index in [4.69, 9.17) is 5.73 Å². The van der Waals surface area contributed by atoms with Crippen molar-refractivity contribution in [1.82, 2.24) is 4.98 Å². The molecule has 1 aromatic heterocycles. The maximum atomic E-state index is 13.5. The average molecular weight is 324 g/mol. The number of nitrogens with two attached hydrogens (primary N) is 1. The number of rotatable bonds is 2. The fourth-order valence-corrected chi connectivity index (χ4v) is 1.85. The van der Waals surface area contributed by atoms with Crippen molar-refractivity contribution in [2.75, 3.05) is 11.1 Å². The van der Waals surface area contributed by atoms with Gasteiger partial charge >= 0.3 is 0 Å². The van der Waals surface area contributed by atoms with Crippen molar-refractivity contribution in [3.05, 3.63) is 51.9 Å². The van der Waals surface area contributed by atoms with Gasteiger partial charge in [0.05, 0.1) is 17.4 Å². The van der Waals surface area contributed by atoms with Crippen LogP contribution in [0.3, 0.4) is 0 Å². The number of carbonyl (C=O) groups excluding carboxylic acids is 1. The third-order valence-corrected chi connectivity index (χ3v) is 3.06. The Labute approximate surface area is 118 Å². The van der Waals surface area contributed by atoms with Crippen molar-refractivity contribution in [3.63, 3.8) is 0 Å². The minimum atomic E-state index is -0.590. The van der Waals surface area contributed by atoms with E-state index in [1.165, 1.54) is 24.4 Å². The number of anilines is 2. The van der Waals surface area contributed by atoms with Crippen molar-refractivity contribution >= 4 is 33.3 Å². The van der Waals surface area contributed by atoms with Crippen molar-refractivity contribution < 1.29 is 9.18 Å². The summed E-state index contributed by atoms with van der Waals surface area (Å²) in [5.74, 6) is -0.820. The normalized spacial score (nSPS) is 10.3. The minimum absolute atomic E-state index is 0.0503. The largest absolute Gasteiger partial charge is 0.397 e. The molecule has 4 nitrogen and oxygen atoms in total. The van der Waals surface area contributed by atoms with E-state index in [1.807, 2.05) is 0 Å². The topological polar surface area (TPSA) is 68.0 Å². The Kier molecular flexibility index (Phi) is 3.80. The summed E-state index contributed by atoms with van der Waals surface area (Å²) < 4.78 is 14.2. The maximum absolute atomic E-state index is 13.5. The van der Waals surface area contributed by atoms with Gasteiger partial charge in [0.15, 0.2) is 0 Å². The lowest BCUT2D eigenvalue weighted by Crippen LogP contribution is -2.15. The molecule has 1 aromatic carbocycles. The van der Waals surface area contributed by atoms with Crippen LogP contribution in [0.25, 0.3) is 0 Å². The van der Waals surface area contributed by atoms with Crippen LogP contribution in [-0.4, -0.2) is 10.9 Å². The molecule has 1 heterocycles. The lowest BCUT2D eigenvalue weighted by atomic mass is 10.2. The molecule has 2 rings (SSSR count). The number of nitrogen functional groups attached to an aromatic ring is 1. The number of nitrogens with zero attached hydrogens (tertiary/aromatic N) is 1. The lowest BCUT2D eigenvalue weighted by molar-refractivity contribution is 0.102. The second kappa shape index (κ2) is 5.36. The SMILES string of the molecule is Cc1cc(NC(=O)c2cc(Br)ccc2F)ncc1N. The van der Waals surface area contributed by atoms with Gasteiger partial charge in [-0.15, -0.1) is 0 Å². The van der Waals surface area contributed by atoms with E-state index in [-0.39, 0.29) is 5.56 Å². The zero-order chi connectivity index (χ0) is 14.0. The van der Waals surface area contributed by atoms with Crippen LogP contribution in [0.2, 0.25) is 0 Å². The number of amides is 1. The van der Waals surface area contributed by atoms with Crippen LogP contribution in [0, 0.1) is 12.7 Å². The Bertz CT molecular complexity index is 646. The summed E-state index contributed by atoms with van der Waals surface area (Å²) in [6.45, 7) is 1.80. The van der Waals surface area contributed by atoms with Crippen LogP contribution in [0.4, 0.5) is 15.9 Å². The standard InChI is InChI=1S/C13H11BrFN3O/c1-7-4-12(17-6-11(7)16)18-13(19)9-5-8(14)2-3-10(9)15/h2-6H,16H2,1H3,(H,17,18,19). The monoisotopic (exact) mass is 323 g/mol. The Morgan fingerprint density at radius 3 is 2.84 bits per heavy atom. The molecule has 0 fully saturated rings. The molecule has 2 aromatic rings. The van der Waals surface area contributed by atoms with Gasteiger partial charge in [-0.2, -0.15) is 0 Å². The van der Waals surface area contributed by atoms with E-state index in [0.717, 1.165) is 5.56 Å². The van der Waals surface area contributed by atoms with Crippen LogP contribution in [-0.2, 0) is 0 Å². The molecular formula is C13H11BrFN3O. The van der Waals surface area contributed by atoms with Crippen LogP contribution < -0.4 is 11.1 Å². The van der Waals surface area contributed by atoms with Gasteiger partial charge in [-0.25, -0.2) is 9.37 Å². The molecule has 0 spiro atoms. The first-order valence-electron chi connectivity index (χ1n) is 5.46. The molecule has 0 radical (unpaired) electrons. The average Bonchev–Trinajstić information content (AvgIpc) is 2.36. The number of aromatic nitrogens is 1. The summed E-state index contributed by atoms with van der Waals surface area (Å²) in [5.41, 5.74) is 6.91. The summed E-state index contributed by atoms with van der Waals surface area (Å²) in [7, 11) is 0. The van der Waals surface area contributed by atoms with Gasteiger partial charge in [0.1, 0.15) is 11.6 Å². The number of nitrogens with one attached hydrogen (secondary N) is 1. The van der Waals surface area contributed by atoms with E-state index in [2.05, 4.69) is 26.2 Å². The van der Waals surface area contributed by atoms with E-state index in [0.29, 0.717) is 16.0 Å². The predicted octanol–water partition coefficient (Wildman–Crippen LogP) is 3.13. The molecule has 1 amide bonds. The molecule has 6 heteroatoms. The van der Waals surface area contributed by atoms with Gasteiger partial charge in [-0.3, -0.25) is 4.79 Å². The third-order valence-electron chi connectivity index (χ3n) is 2.57. The van der Waals surface area contributed by atoms with Crippen LogP contribution in [0.5, 0.6) is 0 Å². The number of aryl methyl sites for hydroxylation is 1. The summed E-state index contributed by atoms with van der Waals surface area (Å²) in [4.78, 5) is 15.9. The molecule has 3 N–H and O–H groups in total. The van der Waals surface area contributed by atoms with Gasteiger partial charge in [0.2, 0.25) is 0 Å². The van der Waals surface area contributed by atoms with Gasteiger partial charge < -0.3 is 11.1 Å². The van der Waals surface area contributed by atoms with Crippen LogP contribution >= 0.6 is 15.9 Å². The molecule has 0 aliphatic heterocycles. The highest BCUT2D eigenvalue weighted by atomic mass is 79.9. The first kappa shape index (κ1) is 13.5. The van der Waals surface area contributed by atoms with E-state index < -0.39 is 11.7 Å². The summed E-state index contributed by atoms with van der Waals surface area (Å²) in [6, 6.07) is 5.79. The predicted molar refractivity (Wildman–Crippen MR) is 75.4 cm³/mol. The first-order valence-corrected chi connectivity index (χ1v) is 6.25. The summed E-state index contributed by atoms with van der Waals surface area (Å²) in [6.07, 6.45) is 1.45. The fourth-order valence-electron chi connectivity index (χ4n) is 1.49. The smallest absolute Gasteiger partial charge is 0.259 e. The molecule has 0 aliphatic carbocycles. The Morgan fingerprint density at radius 2 is 2.16 bits per heavy atom. The highest BCUT2D eigenvalue weighted by Crippen LogP contribution is 2.18. The Morgan fingerprint density at radius 1 is 1.42 bits per heavy atom. The van der Waals surface area contributed by atoms with Crippen molar-refractivity contribution in [3.8, 4) is 0 Å². The number of hydrogen-bond donors (Lipinski definition) is 2. The molecule has 0 saturated carbocycles. The second-order valence-corrected chi connectivity index (χ2v) is 4.92. The number of halogens is 2. The van der Waals surface area contributed by atoms with Gasteiger partial charge in [-0.05, 0) is 36.8 Å². The molecule has 19 heavy (non-hydrogen) atoms. The van der Waals surface area contributed by atoms with Crippen LogP contribution in [0.1, 0.15) is 15.9 Å². The summed E-state index contributed by atoms with van der Waals surface area (Å²) in [5, 5.41) is 2.53. The lowest BCUT2D eigenvalue weighted by Gasteiger charge is -2.07. The molecule has 0 bridgehead atoms. The van der Waals surface area contributed by atoms with Gasteiger partial charge in [-0.1, -0.05) is 15.9 Å². The number of pyridine rings is 1. The van der Waals surface area contributed by atoms with E-state index in [9.17, 15) is 9.18 Å². The quantitative estimate of drug-likeness (QED) is 0.892. The minimum Gasteiger partial charge on any atom is -0.397 e. The highest BCUT2D eigenvalue weighted by molar-refractivity contribution is 9.10. The molecule has 0 saturated heterocycles. The molecule has 0 atom stereocenters. The molecular weight excluding hydrogens is 313 g/mol. The molecule has 0 unspecified atom stereocenters. The van der Waals surface area contributed by atoms with Gasteiger partial charge in [0, 0.05) is 4.47 Å². The highest BCUT2D eigenvalue weighted by Gasteiger charge is 2.13. The Balaban J connectivity index is 2.25. The Hall–Kier alpha value is -1.95. The number of carbonyl (C=O) groups is 1. The first-order chi connectivity index (χ1) is 8.97. The van der Waals surface area contributed by atoms with Crippen molar-refractivity contribution in [1.29, 1.82) is 0 Å². The molecule has 0 aliphatic rings. The zero-order valence-electron chi connectivity index (χ0n) is 10.1. The zero-order valence-corrected chi connectivity index (χ0v) is 11.7. The maximum Gasteiger partial charge on any atom is 0.259 e. The number of hydrogen-bond acceptors (Lipinski definition) is 3. The third kappa shape index (κ3) is 3.08. The van der Waals surface area contributed by atoms with Crippen molar-refractivity contribution in [2.45, 2.75) is 6.92 Å². The molecule has 98 valence electrons. The van der Waals surface area contributed by atoms with Crippen LogP contribution in [0.15, 0.2) is 34.9 Å². The number of benzene rings is 1. The van der Waals surface area contributed by atoms with E-state index in [1.54, 1.807) is 13.0 Å². The van der Waals surface area contributed by atoms with Gasteiger partial charge in [0.25, 0.3) is 5.91 Å². The second-order valence-electron chi connectivity index (χ2n) is 4.00. The fraction of sp³-hybridized carbons (Fsp3) is 0.0769. The van der Waals surface area contributed by atoms with E-state index >= 15 is 0 Å². The van der Waals surface area contributed by atoms with Crippen molar-refractivity contribution in [2.24, 2.45) is 0 Å².